The zero-order chi connectivity index (χ0) is 8.10. The molecule has 1 aromatic rings. The molecule has 0 aromatic carbocycles. The molecule has 0 radical (unpaired) electrons. The fourth-order valence-electron chi connectivity index (χ4n) is 0.764. The van der Waals surface area contributed by atoms with Crippen molar-refractivity contribution in [2.75, 3.05) is 0 Å². The van der Waals surface area contributed by atoms with Crippen LogP contribution < -0.4 is 11.3 Å². The van der Waals surface area contributed by atoms with Crippen molar-refractivity contribution < 1.29 is 0 Å². The molecule has 1 atom stereocenters. The minimum atomic E-state index is -0.446. The first-order valence-corrected chi connectivity index (χ1v) is 3.14. The summed E-state index contributed by atoms with van der Waals surface area (Å²) in [5.74, 6) is 5.12. The molecule has 0 amide bonds. The van der Waals surface area contributed by atoms with Crippen molar-refractivity contribution in [3.8, 4) is 6.07 Å². The summed E-state index contributed by atoms with van der Waals surface area (Å²) in [5.41, 5.74) is 3.20. The van der Waals surface area contributed by atoms with Gasteiger partial charge in [-0.15, -0.1) is 0 Å². The van der Waals surface area contributed by atoms with Crippen molar-refractivity contribution in [2.45, 2.75) is 6.04 Å². The number of hydrazine groups is 1. The van der Waals surface area contributed by atoms with Gasteiger partial charge in [0.2, 0.25) is 0 Å². The van der Waals surface area contributed by atoms with Crippen LogP contribution in [0, 0.1) is 11.3 Å². The minimum Gasteiger partial charge on any atom is -0.270 e. The Labute approximate surface area is 64.6 Å². The lowest BCUT2D eigenvalue weighted by atomic mass is 10.1. The summed E-state index contributed by atoms with van der Waals surface area (Å²) in [7, 11) is 0. The fraction of sp³-hybridized carbons (Fsp3) is 0.143. The molecule has 4 heteroatoms. The number of rotatable bonds is 2. The Bertz CT molecular complexity index is 251. The van der Waals surface area contributed by atoms with E-state index in [1.807, 2.05) is 6.07 Å². The standard InChI is InChI=1S/C7H8N4/c8-5-7(11-9)6-1-3-10-4-2-6/h1-4,7,11H,9H2. The molecule has 56 valence electrons. The molecule has 4 nitrogen and oxygen atoms in total. The van der Waals surface area contributed by atoms with E-state index in [1.165, 1.54) is 0 Å². The molecule has 11 heavy (non-hydrogen) atoms. The van der Waals surface area contributed by atoms with Gasteiger partial charge < -0.3 is 0 Å². The van der Waals surface area contributed by atoms with Gasteiger partial charge in [0.25, 0.3) is 0 Å². The predicted molar refractivity (Wildman–Crippen MR) is 39.9 cm³/mol. The van der Waals surface area contributed by atoms with Gasteiger partial charge in [-0.1, -0.05) is 0 Å². The molecule has 0 aliphatic rings. The maximum absolute atomic E-state index is 8.57. The molecular formula is C7H8N4. The van der Waals surface area contributed by atoms with Gasteiger partial charge in [0.1, 0.15) is 6.04 Å². The molecule has 0 saturated heterocycles. The molecular weight excluding hydrogens is 140 g/mol. The molecule has 0 saturated carbocycles. The Hall–Kier alpha value is -1.44. The largest absolute Gasteiger partial charge is 0.270 e. The van der Waals surface area contributed by atoms with Gasteiger partial charge in [0.05, 0.1) is 6.07 Å². The van der Waals surface area contributed by atoms with Crippen molar-refractivity contribution in [3.05, 3.63) is 30.1 Å². The van der Waals surface area contributed by atoms with Gasteiger partial charge in [-0.05, 0) is 17.7 Å². The van der Waals surface area contributed by atoms with Crippen LogP contribution in [0.3, 0.4) is 0 Å². The second-order valence-electron chi connectivity index (χ2n) is 2.01. The summed E-state index contributed by atoms with van der Waals surface area (Å²) < 4.78 is 0. The van der Waals surface area contributed by atoms with E-state index < -0.39 is 6.04 Å². The zero-order valence-electron chi connectivity index (χ0n) is 5.86. The summed E-state index contributed by atoms with van der Waals surface area (Å²) in [5, 5.41) is 8.57. The molecule has 1 heterocycles. The van der Waals surface area contributed by atoms with Gasteiger partial charge in [-0.2, -0.15) is 5.26 Å². The first-order chi connectivity index (χ1) is 5.38. The van der Waals surface area contributed by atoms with Crippen molar-refractivity contribution in [1.29, 1.82) is 5.26 Å². The van der Waals surface area contributed by atoms with E-state index in [1.54, 1.807) is 24.5 Å². The number of hydrogen-bond donors (Lipinski definition) is 2. The molecule has 0 spiro atoms. The van der Waals surface area contributed by atoms with Crippen molar-refractivity contribution in [2.24, 2.45) is 5.84 Å². The first kappa shape index (κ1) is 7.66. The average Bonchev–Trinajstić information content (AvgIpc) is 2.09. The maximum atomic E-state index is 8.57. The van der Waals surface area contributed by atoms with Crippen LogP contribution in [0.15, 0.2) is 24.5 Å². The van der Waals surface area contributed by atoms with E-state index in [0.717, 1.165) is 5.56 Å². The number of pyridine rings is 1. The Morgan fingerprint density at radius 1 is 1.55 bits per heavy atom. The van der Waals surface area contributed by atoms with E-state index >= 15 is 0 Å². The van der Waals surface area contributed by atoms with Crippen molar-refractivity contribution in [3.63, 3.8) is 0 Å². The lowest BCUT2D eigenvalue weighted by Gasteiger charge is -2.05. The molecule has 0 fully saturated rings. The lowest BCUT2D eigenvalue weighted by molar-refractivity contribution is 0.665. The summed E-state index contributed by atoms with van der Waals surface area (Å²) in [6.45, 7) is 0. The van der Waals surface area contributed by atoms with Crippen LogP contribution in [0.5, 0.6) is 0 Å². The first-order valence-electron chi connectivity index (χ1n) is 3.14. The third-order valence-electron chi connectivity index (χ3n) is 1.34. The minimum absolute atomic E-state index is 0.446. The Balaban J connectivity index is 2.85. The topological polar surface area (TPSA) is 74.7 Å². The zero-order valence-corrected chi connectivity index (χ0v) is 5.86. The highest BCUT2D eigenvalue weighted by atomic mass is 15.2. The SMILES string of the molecule is N#CC(NN)c1ccncc1. The van der Waals surface area contributed by atoms with Crippen LogP contribution in [0.25, 0.3) is 0 Å². The predicted octanol–water partition coefficient (Wildman–Crippen LogP) is 0.110. The molecule has 0 bridgehead atoms. The highest BCUT2D eigenvalue weighted by molar-refractivity contribution is 5.20. The van der Waals surface area contributed by atoms with Crippen LogP contribution in [0.1, 0.15) is 11.6 Å². The molecule has 3 N–H and O–H groups in total. The number of aromatic nitrogens is 1. The Morgan fingerprint density at radius 2 is 2.18 bits per heavy atom. The summed E-state index contributed by atoms with van der Waals surface area (Å²) in [6.07, 6.45) is 3.24. The highest BCUT2D eigenvalue weighted by Crippen LogP contribution is 2.07. The number of nitriles is 1. The summed E-state index contributed by atoms with van der Waals surface area (Å²) in [4.78, 5) is 3.82. The van der Waals surface area contributed by atoms with Crippen LogP contribution in [0.2, 0.25) is 0 Å². The molecule has 0 aliphatic heterocycles. The Kier molecular flexibility index (Phi) is 2.55. The van der Waals surface area contributed by atoms with E-state index in [4.69, 9.17) is 11.1 Å². The van der Waals surface area contributed by atoms with Gasteiger partial charge in [0, 0.05) is 12.4 Å². The lowest BCUT2D eigenvalue weighted by Crippen LogP contribution is -2.26. The van der Waals surface area contributed by atoms with Gasteiger partial charge in [0.15, 0.2) is 0 Å². The van der Waals surface area contributed by atoms with Gasteiger partial charge >= 0.3 is 0 Å². The van der Waals surface area contributed by atoms with Gasteiger partial charge in [-0.3, -0.25) is 10.8 Å². The third-order valence-corrected chi connectivity index (χ3v) is 1.34. The third kappa shape index (κ3) is 1.74. The monoisotopic (exact) mass is 148 g/mol. The summed E-state index contributed by atoms with van der Waals surface area (Å²) in [6, 6.07) is 5.05. The summed E-state index contributed by atoms with van der Waals surface area (Å²) >= 11 is 0. The molecule has 1 unspecified atom stereocenters. The molecule has 1 aromatic heterocycles. The molecule has 1 rings (SSSR count). The van der Waals surface area contributed by atoms with E-state index in [-0.39, 0.29) is 0 Å². The quantitative estimate of drug-likeness (QED) is 0.461. The van der Waals surface area contributed by atoms with Crippen LogP contribution >= 0.6 is 0 Å². The number of nitrogens with zero attached hydrogens (tertiary/aromatic N) is 2. The van der Waals surface area contributed by atoms with E-state index in [0.29, 0.717) is 0 Å². The van der Waals surface area contributed by atoms with Crippen molar-refractivity contribution in [1.82, 2.24) is 10.4 Å². The normalized spacial score (nSPS) is 12.0. The second-order valence-corrected chi connectivity index (χ2v) is 2.01. The molecule has 0 aliphatic carbocycles. The number of nitrogens with two attached hydrogens (primary N) is 1. The Morgan fingerprint density at radius 3 is 2.64 bits per heavy atom. The average molecular weight is 148 g/mol. The van der Waals surface area contributed by atoms with Crippen LogP contribution in [-0.2, 0) is 0 Å². The number of nitrogens with one attached hydrogen (secondary N) is 1. The number of hydrogen-bond acceptors (Lipinski definition) is 4. The smallest absolute Gasteiger partial charge is 0.133 e. The fourth-order valence-corrected chi connectivity index (χ4v) is 0.764. The van der Waals surface area contributed by atoms with Crippen molar-refractivity contribution >= 4 is 0 Å². The van der Waals surface area contributed by atoms with E-state index in [2.05, 4.69) is 10.4 Å². The van der Waals surface area contributed by atoms with Crippen LogP contribution in [-0.4, -0.2) is 4.98 Å². The van der Waals surface area contributed by atoms with Crippen LogP contribution in [0.4, 0.5) is 0 Å². The maximum Gasteiger partial charge on any atom is 0.133 e. The highest BCUT2D eigenvalue weighted by Gasteiger charge is 2.05. The second kappa shape index (κ2) is 3.66. The van der Waals surface area contributed by atoms with Gasteiger partial charge in [-0.25, -0.2) is 5.43 Å². The van der Waals surface area contributed by atoms with E-state index in [9.17, 15) is 0 Å².